The summed E-state index contributed by atoms with van der Waals surface area (Å²) >= 11 is 0. The minimum absolute atomic E-state index is 0.168. The van der Waals surface area contributed by atoms with Gasteiger partial charge in [0.15, 0.2) is 0 Å². The zero-order valence-corrected chi connectivity index (χ0v) is 17.3. The van der Waals surface area contributed by atoms with Gasteiger partial charge >= 0.3 is 0 Å². The second-order valence-electron chi connectivity index (χ2n) is 7.81. The number of hydrogen-bond acceptors (Lipinski definition) is 5. The normalized spacial score (nSPS) is 18.8. The number of rotatable bonds is 6. The van der Waals surface area contributed by atoms with Gasteiger partial charge in [-0.2, -0.15) is 0 Å². The van der Waals surface area contributed by atoms with Crippen LogP contribution in [-0.2, 0) is 0 Å². The van der Waals surface area contributed by atoms with Crippen molar-refractivity contribution in [3.05, 3.63) is 54.3 Å². The molecule has 5 nitrogen and oxygen atoms in total. The maximum absolute atomic E-state index is 13.1. The summed E-state index contributed by atoms with van der Waals surface area (Å²) in [4.78, 5) is 9.89. The van der Waals surface area contributed by atoms with Gasteiger partial charge in [0.1, 0.15) is 11.6 Å². The molecule has 0 radical (unpaired) electrons. The Morgan fingerprint density at radius 3 is 1.86 bits per heavy atom. The summed E-state index contributed by atoms with van der Waals surface area (Å²) in [7, 11) is 1.74. The molecule has 0 aliphatic carbocycles. The molecule has 2 heterocycles. The lowest BCUT2D eigenvalue weighted by atomic mass is 10.2. The van der Waals surface area contributed by atoms with E-state index in [1.54, 1.807) is 19.2 Å². The fourth-order valence-corrected chi connectivity index (χ4v) is 4.27. The third kappa shape index (κ3) is 5.00. The predicted molar refractivity (Wildman–Crippen MR) is 117 cm³/mol. The van der Waals surface area contributed by atoms with E-state index in [2.05, 4.69) is 31.7 Å². The predicted octanol–water partition coefficient (Wildman–Crippen LogP) is 2.78. The van der Waals surface area contributed by atoms with Crippen molar-refractivity contribution in [2.24, 2.45) is 0 Å². The summed E-state index contributed by atoms with van der Waals surface area (Å²) in [6, 6.07) is 15.1. The smallest absolute Gasteiger partial charge is 0.142 e. The first-order chi connectivity index (χ1) is 14.2. The second kappa shape index (κ2) is 9.46. The first kappa shape index (κ1) is 20.0. The van der Waals surface area contributed by atoms with E-state index in [0.29, 0.717) is 0 Å². The monoisotopic (exact) mass is 398 g/mol. The Morgan fingerprint density at radius 2 is 1.28 bits per heavy atom. The van der Waals surface area contributed by atoms with Crippen LogP contribution in [0.4, 0.5) is 15.8 Å². The second-order valence-corrected chi connectivity index (χ2v) is 7.81. The zero-order chi connectivity index (χ0) is 20.1. The Labute approximate surface area is 173 Å². The van der Waals surface area contributed by atoms with Gasteiger partial charge in [-0.25, -0.2) is 4.39 Å². The van der Waals surface area contributed by atoms with E-state index in [-0.39, 0.29) is 5.82 Å². The lowest BCUT2D eigenvalue weighted by molar-refractivity contribution is 0.190. The SMILES string of the molecule is COc1ccccc1N1CCN(CCN2CCN(c3ccc(F)cc3)CC2)CC1. The molecule has 2 aromatic rings. The molecule has 0 atom stereocenters. The van der Waals surface area contributed by atoms with Crippen LogP contribution >= 0.6 is 0 Å². The molecule has 0 aromatic heterocycles. The third-order valence-corrected chi connectivity index (χ3v) is 6.09. The van der Waals surface area contributed by atoms with Gasteiger partial charge in [-0.1, -0.05) is 12.1 Å². The highest BCUT2D eigenvalue weighted by atomic mass is 19.1. The van der Waals surface area contributed by atoms with Crippen molar-refractivity contribution < 1.29 is 9.13 Å². The third-order valence-electron chi connectivity index (χ3n) is 6.09. The minimum Gasteiger partial charge on any atom is -0.495 e. The van der Waals surface area contributed by atoms with Crippen LogP contribution in [0.5, 0.6) is 5.75 Å². The summed E-state index contributed by atoms with van der Waals surface area (Å²) in [6.45, 7) is 10.7. The molecule has 2 fully saturated rings. The number of benzene rings is 2. The topological polar surface area (TPSA) is 22.2 Å². The van der Waals surface area contributed by atoms with Gasteiger partial charge in [0.05, 0.1) is 12.8 Å². The fraction of sp³-hybridized carbons (Fsp3) is 0.478. The highest BCUT2D eigenvalue weighted by Gasteiger charge is 2.21. The van der Waals surface area contributed by atoms with Crippen molar-refractivity contribution in [2.45, 2.75) is 0 Å². The molecule has 0 amide bonds. The fourth-order valence-electron chi connectivity index (χ4n) is 4.27. The van der Waals surface area contributed by atoms with Gasteiger partial charge in [-0.3, -0.25) is 9.80 Å². The lowest BCUT2D eigenvalue weighted by Gasteiger charge is -2.39. The van der Waals surface area contributed by atoms with Gasteiger partial charge in [0.2, 0.25) is 0 Å². The van der Waals surface area contributed by atoms with Crippen LogP contribution in [0.1, 0.15) is 0 Å². The summed E-state index contributed by atoms with van der Waals surface area (Å²) in [6.07, 6.45) is 0. The van der Waals surface area contributed by atoms with Crippen LogP contribution in [-0.4, -0.2) is 82.4 Å². The van der Waals surface area contributed by atoms with Crippen molar-refractivity contribution in [3.8, 4) is 5.75 Å². The van der Waals surface area contributed by atoms with E-state index in [1.807, 2.05) is 24.3 Å². The molecule has 2 aliphatic rings. The standard InChI is InChI=1S/C23H31FN4O/c1-29-23-5-3-2-4-22(23)28-18-14-26(15-19-28)11-10-25-12-16-27(17-13-25)21-8-6-20(24)7-9-21/h2-9H,10-19H2,1H3. The van der Waals surface area contributed by atoms with E-state index in [1.165, 1.54) is 5.69 Å². The van der Waals surface area contributed by atoms with Crippen LogP contribution in [0.15, 0.2) is 48.5 Å². The number of piperazine rings is 2. The minimum atomic E-state index is -0.168. The van der Waals surface area contributed by atoms with E-state index in [0.717, 1.165) is 76.9 Å². The Kier molecular flexibility index (Phi) is 6.52. The van der Waals surface area contributed by atoms with Crippen LogP contribution in [0.2, 0.25) is 0 Å². The molecule has 0 bridgehead atoms. The average Bonchev–Trinajstić information content (AvgIpc) is 2.79. The average molecular weight is 399 g/mol. The molecule has 2 aromatic carbocycles. The van der Waals surface area contributed by atoms with Crippen LogP contribution in [0, 0.1) is 5.82 Å². The van der Waals surface area contributed by atoms with Crippen LogP contribution < -0.4 is 14.5 Å². The first-order valence-electron chi connectivity index (χ1n) is 10.6. The molecule has 2 saturated heterocycles. The number of hydrogen-bond donors (Lipinski definition) is 0. The van der Waals surface area contributed by atoms with Crippen LogP contribution in [0.25, 0.3) is 0 Å². The quantitative estimate of drug-likeness (QED) is 0.744. The zero-order valence-electron chi connectivity index (χ0n) is 17.3. The Balaban J connectivity index is 1.19. The van der Waals surface area contributed by atoms with E-state index in [9.17, 15) is 4.39 Å². The molecule has 29 heavy (non-hydrogen) atoms. The number of halogens is 1. The van der Waals surface area contributed by atoms with Crippen molar-refractivity contribution in [1.29, 1.82) is 0 Å². The number of para-hydroxylation sites is 2. The molecular weight excluding hydrogens is 367 g/mol. The first-order valence-corrected chi connectivity index (χ1v) is 10.6. The van der Waals surface area contributed by atoms with Gasteiger partial charge in [-0.05, 0) is 36.4 Å². The highest BCUT2D eigenvalue weighted by molar-refractivity contribution is 5.58. The molecule has 0 spiro atoms. The molecule has 4 rings (SSSR count). The number of ether oxygens (including phenoxy) is 1. The molecule has 6 heteroatoms. The van der Waals surface area contributed by atoms with Crippen molar-refractivity contribution in [1.82, 2.24) is 9.80 Å². The largest absolute Gasteiger partial charge is 0.495 e. The van der Waals surface area contributed by atoms with Gasteiger partial charge in [0, 0.05) is 71.1 Å². The molecule has 0 unspecified atom stereocenters. The molecule has 0 saturated carbocycles. The van der Waals surface area contributed by atoms with E-state index in [4.69, 9.17) is 4.74 Å². The van der Waals surface area contributed by atoms with Gasteiger partial charge in [0.25, 0.3) is 0 Å². The van der Waals surface area contributed by atoms with E-state index >= 15 is 0 Å². The van der Waals surface area contributed by atoms with Crippen molar-refractivity contribution >= 4 is 11.4 Å². The summed E-state index contributed by atoms with van der Waals surface area (Å²) in [5.74, 6) is 0.790. The Bertz CT molecular complexity index is 769. The van der Waals surface area contributed by atoms with Crippen LogP contribution in [0.3, 0.4) is 0 Å². The Hall–Kier alpha value is -2.31. The molecule has 0 N–H and O–H groups in total. The van der Waals surface area contributed by atoms with E-state index < -0.39 is 0 Å². The molecule has 156 valence electrons. The maximum Gasteiger partial charge on any atom is 0.142 e. The lowest BCUT2D eigenvalue weighted by Crippen LogP contribution is -2.51. The summed E-state index contributed by atoms with van der Waals surface area (Å²) < 4.78 is 18.6. The van der Waals surface area contributed by atoms with Gasteiger partial charge < -0.3 is 14.5 Å². The highest BCUT2D eigenvalue weighted by Crippen LogP contribution is 2.28. The number of anilines is 2. The van der Waals surface area contributed by atoms with Gasteiger partial charge in [-0.15, -0.1) is 0 Å². The maximum atomic E-state index is 13.1. The Morgan fingerprint density at radius 1 is 0.724 bits per heavy atom. The van der Waals surface area contributed by atoms with Crippen molar-refractivity contribution in [2.75, 3.05) is 82.4 Å². The summed E-state index contributed by atoms with van der Waals surface area (Å²) in [5.41, 5.74) is 2.32. The molecular formula is C23H31FN4O. The number of nitrogens with zero attached hydrogens (tertiary/aromatic N) is 4. The number of methoxy groups -OCH3 is 1. The van der Waals surface area contributed by atoms with Crippen molar-refractivity contribution in [3.63, 3.8) is 0 Å². The summed E-state index contributed by atoms with van der Waals surface area (Å²) in [5, 5.41) is 0. The molecule has 2 aliphatic heterocycles.